The number of benzene rings is 2. The van der Waals surface area contributed by atoms with Gasteiger partial charge in [-0.15, -0.1) is 0 Å². The first-order chi connectivity index (χ1) is 13.7. The third kappa shape index (κ3) is 3.75. The maximum absolute atomic E-state index is 12.2. The van der Waals surface area contributed by atoms with Crippen molar-refractivity contribution in [3.8, 4) is 5.75 Å². The maximum atomic E-state index is 12.2. The van der Waals surface area contributed by atoms with Crippen LogP contribution in [0.5, 0.6) is 5.75 Å². The summed E-state index contributed by atoms with van der Waals surface area (Å²) in [7, 11) is 0. The van der Waals surface area contributed by atoms with Crippen LogP contribution >= 0.6 is 0 Å². The SMILES string of the molecule is CCN1CC(c2nc3ccccc3n2CCCOc2cccc(C)c2)CC1=O. The van der Waals surface area contributed by atoms with Crippen LogP contribution in [-0.4, -0.2) is 40.1 Å². The summed E-state index contributed by atoms with van der Waals surface area (Å²) in [5, 5.41) is 0. The van der Waals surface area contributed by atoms with Gasteiger partial charge in [-0.05, 0) is 50.1 Å². The van der Waals surface area contributed by atoms with E-state index >= 15 is 0 Å². The van der Waals surface area contributed by atoms with Crippen molar-refractivity contribution in [2.24, 2.45) is 0 Å². The van der Waals surface area contributed by atoms with E-state index in [0.717, 1.165) is 48.7 Å². The molecule has 1 aliphatic heterocycles. The van der Waals surface area contributed by atoms with Crippen LogP contribution in [0, 0.1) is 6.92 Å². The van der Waals surface area contributed by atoms with Gasteiger partial charge < -0.3 is 14.2 Å². The van der Waals surface area contributed by atoms with Gasteiger partial charge in [-0.3, -0.25) is 4.79 Å². The van der Waals surface area contributed by atoms with Crippen molar-refractivity contribution in [1.29, 1.82) is 0 Å². The van der Waals surface area contributed by atoms with Gasteiger partial charge in [-0.2, -0.15) is 0 Å². The number of likely N-dealkylation sites (N-methyl/N-ethyl adjacent to an activating group) is 1. The van der Waals surface area contributed by atoms with Gasteiger partial charge in [0.15, 0.2) is 0 Å². The summed E-state index contributed by atoms with van der Waals surface area (Å²) in [4.78, 5) is 19.0. The molecule has 0 aliphatic carbocycles. The Labute approximate surface area is 165 Å². The van der Waals surface area contributed by atoms with E-state index in [-0.39, 0.29) is 11.8 Å². The van der Waals surface area contributed by atoms with E-state index in [9.17, 15) is 4.79 Å². The molecule has 3 aromatic rings. The molecule has 4 rings (SSSR count). The highest BCUT2D eigenvalue weighted by atomic mass is 16.5. The van der Waals surface area contributed by atoms with Crippen LogP contribution in [0.2, 0.25) is 0 Å². The predicted octanol–water partition coefficient (Wildman–Crippen LogP) is 4.15. The Morgan fingerprint density at radius 1 is 1.18 bits per heavy atom. The Morgan fingerprint density at radius 2 is 2.04 bits per heavy atom. The number of carbonyl (C=O) groups is 1. The van der Waals surface area contributed by atoms with Crippen LogP contribution in [0.3, 0.4) is 0 Å². The maximum Gasteiger partial charge on any atom is 0.223 e. The molecule has 1 saturated heterocycles. The summed E-state index contributed by atoms with van der Waals surface area (Å²) in [6, 6.07) is 16.4. The lowest BCUT2D eigenvalue weighted by atomic mass is 10.1. The van der Waals surface area contributed by atoms with Crippen molar-refractivity contribution in [2.45, 2.75) is 39.2 Å². The second kappa shape index (κ2) is 8.05. The summed E-state index contributed by atoms with van der Waals surface area (Å²) in [6.07, 6.45) is 1.44. The Morgan fingerprint density at radius 3 is 2.82 bits per heavy atom. The lowest BCUT2D eigenvalue weighted by Gasteiger charge is -2.15. The van der Waals surface area contributed by atoms with Gasteiger partial charge in [0.1, 0.15) is 11.6 Å². The molecule has 0 radical (unpaired) electrons. The van der Waals surface area contributed by atoms with E-state index in [1.54, 1.807) is 0 Å². The van der Waals surface area contributed by atoms with E-state index < -0.39 is 0 Å². The largest absolute Gasteiger partial charge is 0.494 e. The second-order valence-corrected chi connectivity index (χ2v) is 7.46. The zero-order valence-electron chi connectivity index (χ0n) is 16.6. The second-order valence-electron chi connectivity index (χ2n) is 7.46. The molecule has 0 bridgehead atoms. The number of rotatable bonds is 7. The number of aromatic nitrogens is 2. The molecule has 1 fully saturated rings. The van der Waals surface area contributed by atoms with E-state index in [1.165, 1.54) is 5.56 Å². The van der Waals surface area contributed by atoms with Crippen molar-refractivity contribution in [2.75, 3.05) is 19.7 Å². The molecule has 0 saturated carbocycles. The molecule has 28 heavy (non-hydrogen) atoms. The fourth-order valence-electron chi connectivity index (χ4n) is 4.01. The number of aryl methyl sites for hydroxylation is 2. The number of fused-ring (bicyclic) bond motifs is 1. The highest BCUT2D eigenvalue weighted by molar-refractivity contribution is 5.80. The van der Waals surface area contributed by atoms with Gasteiger partial charge in [0.05, 0.1) is 17.6 Å². The number of amides is 1. The minimum absolute atomic E-state index is 0.164. The molecule has 5 nitrogen and oxygen atoms in total. The zero-order chi connectivity index (χ0) is 19.5. The summed E-state index contributed by atoms with van der Waals surface area (Å²) in [5.41, 5.74) is 3.33. The number of imidazole rings is 1. The molecule has 1 atom stereocenters. The third-order valence-corrected chi connectivity index (χ3v) is 5.43. The highest BCUT2D eigenvalue weighted by Gasteiger charge is 2.32. The summed E-state index contributed by atoms with van der Waals surface area (Å²) < 4.78 is 8.20. The highest BCUT2D eigenvalue weighted by Crippen LogP contribution is 2.30. The van der Waals surface area contributed by atoms with E-state index in [1.807, 2.05) is 42.2 Å². The van der Waals surface area contributed by atoms with Crippen LogP contribution in [-0.2, 0) is 11.3 Å². The lowest BCUT2D eigenvalue weighted by molar-refractivity contribution is -0.127. The summed E-state index contributed by atoms with van der Waals surface area (Å²) in [5.74, 6) is 2.34. The van der Waals surface area contributed by atoms with E-state index in [0.29, 0.717) is 13.0 Å². The number of carbonyl (C=O) groups excluding carboxylic acids is 1. The van der Waals surface area contributed by atoms with Gasteiger partial charge in [0.2, 0.25) is 5.91 Å². The molecule has 0 N–H and O–H groups in total. The van der Waals surface area contributed by atoms with Crippen LogP contribution in [0.15, 0.2) is 48.5 Å². The number of likely N-dealkylation sites (tertiary alicyclic amines) is 1. The standard InChI is InChI=1S/C23H27N3O2/c1-3-25-16-18(15-22(25)27)23-24-20-10-4-5-11-21(20)26(23)12-7-13-28-19-9-6-8-17(2)14-19/h4-6,8-11,14,18H,3,7,12-13,15-16H2,1-2H3. The molecule has 146 valence electrons. The van der Waals surface area contributed by atoms with Crippen LogP contribution in [0.1, 0.15) is 37.1 Å². The van der Waals surface area contributed by atoms with Crippen LogP contribution < -0.4 is 4.74 Å². The predicted molar refractivity (Wildman–Crippen MR) is 111 cm³/mol. The Hall–Kier alpha value is -2.82. The molecular weight excluding hydrogens is 350 g/mol. The molecular formula is C23H27N3O2. The topological polar surface area (TPSA) is 47.4 Å². The van der Waals surface area contributed by atoms with Gasteiger partial charge in [0.25, 0.3) is 0 Å². The fourth-order valence-corrected chi connectivity index (χ4v) is 4.01. The normalized spacial score (nSPS) is 16.9. The molecule has 1 aliphatic rings. The number of ether oxygens (including phenoxy) is 1. The average molecular weight is 377 g/mol. The van der Waals surface area contributed by atoms with Crippen molar-refractivity contribution >= 4 is 16.9 Å². The molecule has 1 aromatic heterocycles. The number of hydrogen-bond acceptors (Lipinski definition) is 3. The molecule has 5 heteroatoms. The average Bonchev–Trinajstić information content (AvgIpc) is 3.25. The minimum atomic E-state index is 0.164. The molecule has 2 heterocycles. The van der Waals surface area contributed by atoms with Crippen molar-refractivity contribution in [1.82, 2.24) is 14.5 Å². The van der Waals surface area contributed by atoms with Gasteiger partial charge in [0, 0.05) is 32.0 Å². The van der Waals surface area contributed by atoms with Crippen LogP contribution in [0.4, 0.5) is 0 Å². The zero-order valence-corrected chi connectivity index (χ0v) is 16.6. The third-order valence-electron chi connectivity index (χ3n) is 5.43. The summed E-state index contributed by atoms with van der Waals surface area (Å²) in [6.45, 7) is 7.11. The molecule has 0 spiro atoms. The van der Waals surface area contributed by atoms with Crippen molar-refractivity contribution in [3.63, 3.8) is 0 Å². The molecule has 1 unspecified atom stereocenters. The smallest absolute Gasteiger partial charge is 0.223 e. The number of hydrogen-bond donors (Lipinski definition) is 0. The van der Waals surface area contributed by atoms with Gasteiger partial charge in [-0.25, -0.2) is 4.98 Å². The van der Waals surface area contributed by atoms with E-state index in [2.05, 4.69) is 29.7 Å². The monoisotopic (exact) mass is 377 g/mol. The van der Waals surface area contributed by atoms with Gasteiger partial charge in [-0.1, -0.05) is 24.3 Å². The van der Waals surface area contributed by atoms with Crippen molar-refractivity contribution < 1.29 is 9.53 Å². The first-order valence-corrected chi connectivity index (χ1v) is 10.1. The number of nitrogens with zero attached hydrogens (tertiary/aromatic N) is 3. The van der Waals surface area contributed by atoms with Crippen LogP contribution in [0.25, 0.3) is 11.0 Å². The van der Waals surface area contributed by atoms with E-state index in [4.69, 9.17) is 9.72 Å². The lowest BCUT2D eigenvalue weighted by Crippen LogP contribution is -2.24. The van der Waals surface area contributed by atoms with Gasteiger partial charge >= 0.3 is 0 Å². The Bertz CT molecular complexity index is 979. The quantitative estimate of drug-likeness (QED) is 0.581. The number of para-hydroxylation sites is 2. The minimum Gasteiger partial charge on any atom is -0.494 e. The fraction of sp³-hybridized carbons (Fsp3) is 0.391. The summed E-state index contributed by atoms with van der Waals surface area (Å²) >= 11 is 0. The van der Waals surface area contributed by atoms with Crippen molar-refractivity contribution in [3.05, 3.63) is 59.9 Å². The first-order valence-electron chi connectivity index (χ1n) is 10.1. The first kappa shape index (κ1) is 18.5. The molecule has 2 aromatic carbocycles. The molecule has 1 amide bonds. The Balaban J connectivity index is 1.50. The Kier molecular flexibility index (Phi) is 5.33.